The van der Waals surface area contributed by atoms with Crippen LogP contribution >= 0.6 is 0 Å². The molecule has 0 aromatic heterocycles. The van der Waals surface area contributed by atoms with Gasteiger partial charge in [0.05, 0.1) is 13.1 Å². The fourth-order valence-electron chi connectivity index (χ4n) is 1.71. The largest absolute Gasteiger partial charge is 0.469 e. The highest BCUT2D eigenvalue weighted by Gasteiger charge is 2.32. The first kappa shape index (κ1) is 11.4. The highest BCUT2D eigenvalue weighted by Crippen LogP contribution is 2.19. The number of aliphatic imine (C=N–C) groups is 2. The standard InChI is InChI=1S/C12H20N2O2/c1-7(2)9-5-13-11(15-9)12-14-6-10(16-12)8(3)4/h7-10H,5-6H2,1-4H3/t9-,10-/m1/s1. The van der Waals surface area contributed by atoms with Gasteiger partial charge in [0.1, 0.15) is 12.2 Å². The Morgan fingerprint density at radius 2 is 1.25 bits per heavy atom. The molecule has 0 aliphatic carbocycles. The van der Waals surface area contributed by atoms with Crippen LogP contribution in [0.15, 0.2) is 9.98 Å². The van der Waals surface area contributed by atoms with Gasteiger partial charge in [-0.1, -0.05) is 27.7 Å². The predicted molar refractivity (Wildman–Crippen MR) is 64.0 cm³/mol. The molecule has 0 saturated carbocycles. The molecule has 0 unspecified atom stereocenters. The van der Waals surface area contributed by atoms with Crippen LogP contribution in [0.2, 0.25) is 0 Å². The molecule has 0 saturated heterocycles. The summed E-state index contributed by atoms with van der Waals surface area (Å²) in [6.07, 6.45) is 0.360. The zero-order valence-electron chi connectivity index (χ0n) is 10.4. The lowest BCUT2D eigenvalue weighted by molar-refractivity contribution is 0.154. The molecule has 16 heavy (non-hydrogen) atoms. The maximum absolute atomic E-state index is 5.73. The van der Waals surface area contributed by atoms with E-state index >= 15 is 0 Å². The number of nitrogens with zero attached hydrogens (tertiary/aromatic N) is 2. The van der Waals surface area contributed by atoms with Crippen LogP contribution in [0, 0.1) is 11.8 Å². The van der Waals surface area contributed by atoms with E-state index in [2.05, 4.69) is 37.7 Å². The molecular weight excluding hydrogens is 204 g/mol. The molecule has 0 aromatic rings. The zero-order chi connectivity index (χ0) is 11.7. The molecule has 2 atom stereocenters. The summed E-state index contributed by atoms with van der Waals surface area (Å²) in [5.41, 5.74) is 0. The van der Waals surface area contributed by atoms with Crippen molar-refractivity contribution in [1.82, 2.24) is 0 Å². The second kappa shape index (κ2) is 4.44. The van der Waals surface area contributed by atoms with Crippen LogP contribution in [-0.2, 0) is 9.47 Å². The number of rotatable bonds is 3. The smallest absolute Gasteiger partial charge is 0.273 e. The fourth-order valence-corrected chi connectivity index (χ4v) is 1.71. The summed E-state index contributed by atoms with van der Waals surface area (Å²) in [6, 6.07) is 0. The molecule has 0 radical (unpaired) electrons. The average Bonchev–Trinajstić information content (AvgIpc) is 2.86. The first-order valence-corrected chi connectivity index (χ1v) is 6.00. The van der Waals surface area contributed by atoms with Crippen molar-refractivity contribution in [2.75, 3.05) is 13.1 Å². The van der Waals surface area contributed by atoms with Gasteiger partial charge < -0.3 is 9.47 Å². The van der Waals surface area contributed by atoms with Crippen molar-refractivity contribution in [3.05, 3.63) is 0 Å². The molecule has 4 nitrogen and oxygen atoms in total. The van der Waals surface area contributed by atoms with Crippen molar-refractivity contribution < 1.29 is 9.47 Å². The van der Waals surface area contributed by atoms with Crippen molar-refractivity contribution in [2.24, 2.45) is 21.8 Å². The minimum atomic E-state index is 0.180. The Labute approximate surface area is 96.8 Å². The van der Waals surface area contributed by atoms with Gasteiger partial charge in [0.25, 0.3) is 11.8 Å². The van der Waals surface area contributed by atoms with Crippen LogP contribution in [0.4, 0.5) is 0 Å². The first-order valence-electron chi connectivity index (χ1n) is 6.00. The normalized spacial score (nSPS) is 29.1. The summed E-state index contributed by atoms with van der Waals surface area (Å²) in [5, 5.41) is 0. The molecule has 0 N–H and O–H groups in total. The Balaban J connectivity index is 1.92. The van der Waals surface area contributed by atoms with Crippen LogP contribution in [0.3, 0.4) is 0 Å². The number of ether oxygens (including phenoxy) is 2. The highest BCUT2D eigenvalue weighted by atomic mass is 16.6. The molecule has 2 rings (SSSR count). The second-order valence-corrected chi connectivity index (χ2v) is 5.09. The summed E-state index contributed by atoms with van der Waals surface area (Å²) in [4.78, 5) is 8.71. The van der Waals surface area contributed by atoms with Gasteiger partial charge in [0.2, 0.25) is 0 Å². The molecule has 0 amide bonds. The summed E-state index contributed by atoms with van der Waals surface area (Å²) < 4.78 is 11.5. The van der Waals surface area contributed by atoms with Crippen molar-refractivity contribution in [3.63, 3.8) is 0 Å². The Kier molecular flexibility index (Phi) is 3.17. The van der Waals surface area contributed by atoms with Gasteiger partial charge in [-0.3, -0.25) is 0 Å². The molecular formula is C12H20N2O2. The third-order valence-electron chi connectivity index (χ3n) is 3.03. The molecule has 0 bridgehead atoms. The van der Waals surface area contributed by atoms with Crippen LogP contribution in [-0.4, -0.2) is 37.1 Å². The molecule has 2 heterocycles. The lowest BCUT2D eigenvalue weighted by Gasteiger charge is -2.16. The molecule has 2 aliphatic rings. The van der Waals surface area contributed by atoms with E-state index in [0.29, 0.717) is 23.6 Å². The minimum absolute atomic E-state index is 0.180. The predicted octanol–water partition coefficient (Wildman–Crippen LogP) is 1.89. The third-order valence-corrected chi connectivity index (χ3v) is 3.03. The summed E-state index contributed by atoms with van der Waals surface area (Å²) >= 11 is 0. The molecule has 4 heteroatoms. The molecule has 2 aliphatic heterocycles. The van der Waals surface area contributed by atoms with Gasteiger partial charge in [0.15, 0.2) is 0 Å². The van der Waals surface area contributed by atoms with Crippen LogP contribution in [0.25, 0.3) is 0 Å². The van der Waals surface area contributed by atoms with Crippen LogP contribution < -0.4 is 0 Å². The summed E-state index contributed by atoms with van der Waals surface area (Å²) in [5.74, 6) is 2.15. The van der Waals surface area contributed by atoms with E-state index in [1.807, 2.05) is 0 Å². The van der Waals surface area contributed by atoms with Crippen molar-refractivity contribution in [1.29, 1.82) is 0 Å². The van der Waals surface area contributed by atoms with E-state index in [-0.39, 0.29) is 12.2 Å². The maximum atomic E-state index is 5.73. The molecule has 0 fully saturated rings. The van der Waals surface area contributed by atoms with Gasteiger partial charge in [-0.2, -0.15) is 0 Å². The van der Waals surface area contributed by atoms with Gasteiger partial charge in [0, 0.05) is 0 Å². The number of hydrogen-bond donors (Lipinski definition) is 0. The minimum Gasteiger partial charge on any atom is -0.469 e. The molecule has 0 spiro atoms. The quantitative estimate of drug-likeness (QED) is 0.734. The van der Waals surface area contributed by atoms with Gasteiger partial charge in [-0.25, -0.2) is 9.98 Å². The van der Waals surface area contributed by atoms with Crippen molar-refractivity contribution >= 4 is 11.8 Å². The SMILES string of the molecule is CC(C)[C@H]1CN=C(C2=NC[C@H](C(C)C)O2)O1. The Morgan fingerprint density at radius 3 is 1.50 bits per heavy atom. The first-order chi connectivity index (χ1) is 7.58. The summed E-state index contributed by atoms with van der Waals surface area (Å²) in [7, 11) is 0. The van der Waals surface area contributed by atoms with E-state index in [9.17, 15) is 0 Å². The lowest BCUT2D eigenvalue weighted by Crippen LogP contribution is -2.26. The van der Waals surface area contributed by atoms with E-state index in [1.54, 1.807) is 0 Å². The van der Waals surface area contributed by atoms with Crippen LogP contribution in [0.1, 0.15) is 27.7 Å². The molecule has 0 aromatic carbocycles. The average molecular weight is 224 g/mol. The summed E-state index contributed by atoms with van der Waals surface area (Å²) in [6.45, 7) is 9.99. The van der Waals surface area contributed by atoms with Crippen LogP contribution in [0.5, 0.6) is 0 Å². The zero-order valence-corrected chi connectivity index (χ0v) is 10.4. The Bertz CT molecular complexity index is 289. The van der Waals surface area contributed by atoms with E-state index < -0.39 is 0 Å². The van der Waals surface area contributed by atoms with Gasteiger partial charge in [-0.15, -0.1) is 0 Å². The Morgan fingerprint density at radius 1 is 0.875 bits per heavy atom. The Hall–Kier alpha value is -1.06. The maximum Gasteiger partial charge on any atom is 0.273 e. The topological polar surface area (TPSA) is 43.2 Å². The van der Waals surface area contributed by atoms with Gasteiger partial charge in [-0.05, 0) is 11.8 Å². The van der Waals surface area contributed by atoms with E-state index in [0.717, 1.165) is 13.1 Å². The van der Waals surface area contributed by atoms with E-state index in [1.165, 1.54) is 0 Å². The third kappa shape index (κ3) is 2.20. The molecule has 90 valence electrons. The fraction of sp³-hybridized carbons (Fsp3) is 0.833. The lowest BCUT2D eigenvalue weighted by atomic mass is 10.1. The van der Waals surface area contributed by atoms with Crippen molar-refractivity contribution in [3.8, 4) is 0 Å². The van der Waals surface area contributed by atoms with E-state index in [4.69, 9.17) is 9.47 Å². The number of hydrogen-bond acceptors (Lipinski definition) is 4. The highest BCUT2D eigenvalue weighted by molar-refractivity contribution is 6.36. The monoisotopic (exact) mass is 224 g/mol. The second-order valence-electron chi connectivity index (χ2n) is 5.09. The van der Waals surface area contributed by atoms with Gasteiger partial charge >= 0.3 is 0 Å². The van der Waals surface area contributed by atoms with Crippen molar-refractivity contribution in [2.45, 2.75) is 39.9 Å².